The average molecular weight is 283 g/mol. The number of aliphatic imine (C=N–C) groups is 1. The molecule has 6 heteroatoms. The molecule has 2 unspecified atom stereocenters. The fourth-order valence-electron chi connectivity index (χ4n) is 2.91. The quantitative estimate of drug-likeness (QED) is 0.847. The molecule has 0 radical (unpaired) electrons. The van der Waals surface area contributed by atoms with E-state index >= 15 is 0 Å². The van der Waals surface area contributed by atoms with Gasteiger partial charge in [0.15, 0.2) is 0 Å². The van der Waals surface area contributed by atoms with Crippen molar-refractivity contribution >= 4 is 15.9 Å². The highest BCUT2D eigenvalue weighted by atomic mass is 32.2. The Hall–Kier alpha value is -0.880. The van der Waals surface area contributed by atoms with Crippen molar-refractivity contribution in [3.63, 3.8) is 0 Å². The van der Waals surface area contributed by atoms with Gasteiger partial charge in [-0.1, -0.05) is 0 Å². The lowest BCUT2D eigenvalue weighted by Gasteiger charge is -2.28. The molecular weight excluding hydrogens is 262 g/mol. The predicted octanol–water partition coefficient (Wildman–Crippen LogP) is 1.24. The molecule has 1 N–H and O–H groups in total. The van der Waals surface area contributed by atoms with Crippen LogP contribution in [-0.4, -0.2) is 43.0 Å². The highest BCUT2D eigenvalue weighted by Gasteiger charge is 2.40. The van der Waals surface area contributed by atoms with Crippen molar-refractivity contribution in [3.05, 3.63) is 11.3 Å². The van der Waals surface area contributed by atoms with E-state index in [0.29, 0.717) is 6.54 Å². The van der Waals surface area contributed by atoms with E-state index in [1.165, 1.54) is 11.3 Å². The highest BCUT2D eigenvalue weighted by molar-refractivity contribution is 7.90. The topological polar surface area (TPSA) is 61.8 Å². The summed E-state index contributed by atoms with van der Waals surface area (Å²) in [6, 6.07) is 0.205. The third-order valence-electron chi connectivity index (χ3n) is 4.32. The molecule has 106 valence electrons. The van der Waals surface area contributed by atoms with Crippen molar-refractivity contribution in [2.75, 3.05) is 6.54 Å². The lowest BCUT2D eigenvalue weighted by Crippen LogP contribution is -2.40. The largest absolute Gasteiger partial charge is 0.332 e. The average Bonchev–Trinajstić information content (AvgIpc) is 3.09. The Balaban J connectivity index is 1.78. The highest BCUT2D eigenvalue weighted by Crippen LogP contribution is 2.33. The fourth-order valence-corrected chi connectivity index (χ4v) is 4.49. The van der Waals surface area contributed by atoms with Gasteiger partial charge in [-0.3, -0.25) is 4.99 Å². The van der Waals surface area contributed by atoms with E-state index in [4.69, 9.17) is 0 Å². The van der Waals surface area contributed by atoms with Crippen LogP contribution in [0.5, 0.6) is 0 Å². The molecule has 2 atom stereocenters. The van der Waals surface area contributed by atoms with Crippen molar-refractivity contribution in [1.82, 2.24) is 9.62 Å². The van der Waals surface area contributed by atoms with Crippen LogP contribution in [0.2, 0.25) is 0 Å². The van der Waals surface area contributed by atoms with Gasteiger partial charge in [0.2, 0.25) is 10.0 Å². The summed E-state index contributed by atoms with van der Waals surface area (Å²) in [6.45, 7) is 6.90. The van der Waals surface area contributed by atoms with Crippen LogP contribution in [0.1, 0.15) is 40.0 Å². The first-order valence-corrected chi connectivity index (χ1v) is 8.46. The van der Waals surface area contributed by atoms with Crippen LogP contribution >= 0.6 is 0 Å². The van der Waals surface area contributed by atoms with Gasteiger partial charge in [0.25, 0.3) is 0 Å². The van der Waals surface area contributed by atoms with Crippen LogP contribution in [0.25, 0.3) is 0 Å². The Labute approximate surface area is 114 Å². The zero-order chi connectivity index (χ0) is 13.8. The number of rotatable bonds is 3. The second-order valence-corrected chi connectivity index (χ2v) is 7.85. The summed E-state index contributed by atoms with van der Waals surface area (Å²) in [5.41, 5.74) is 2.52. The molecule has 0 aromatic heterocycles. The summed E-state index contributed by atoms with van der Waals surface area (Å²) < 4.78 is 26.9. The SMILES string of the molecule is CC1=NC(C)C(C)=C2CC(NS(=O)(=O)C3CC3)CN12. The van der Waals surface area contributed by atoms with Crippen LogP contribution in [0.4, 0.5) is 0 Å². The fraction of sp³-hybridized carbons (Fsp3) is 0.769. The van der Waals surface area contributed by atoms with Gasteiger partial charge < -0.3 is 4.90 Å². The first-order valence-electron chi connectivity index (χ1n) is 6.91. The van der Waals surface area contributed by atoms with Crippen LogP contribution in [-0.2, 0) is 10.0 Å². The molecule has 1 saturated carbocycles. The van der Waals surface area contributed by atoms with Gasteiger partial charge in [0, 0.05) is 24.7 Å². The number of sulfonamides is 1. The lowest BCUT2D eigenvalue weighted by molar-refractivity contribution is 0.509. The number of fused-ring (bicyclic) bond motifs is 1. The van der Waals surface area contributed by atoms with Gasteiger partial charge in [-0.25, -0.2) is 13.1 Å². The summed E-state index contributed by atoms with van der Waals surface area (Å²) in [5.74, 6) is 1.00. The minimum absolute atomic E-state index is 0.00833. The molecule has 5 nitrogen and oxygen atoms in total. The predicted molar refractivity (Wildman–Crippen MR) is 75.5 cm³/mol. The van der Waals surface area contributed by atoms with E-state index in [9.17, 15) is 8.42 Å². The maximum absolute atomic E-state index is 12.0. The number of nitrogens with zero attached hydrogens (tertiary/aromatic N) is 2. The first kappa shape index (κ1) is 13.1. The second-order valence-electron chi connectivity index (χ2n) is 5.86. The molecule has 0 bridgehead atoms. The molecular formula is C13H21N3O2S. The Morgan fingerprint density at radius 1 is 1.32 bits per heavy atom. The molecule has 3 aliphatic rings. The molecule has 3 rings (SSSR count). The Bertz CT molecular complexity index is 560. The van der Waals surface area contributed by atoms with E-state index < -0.39 is 10.0 Å². The van der Waals surface area contributed by atoms with Gasteiger partial charge in [-0.2, -0.15) is 0 Å². The van der Waals surface area contributed by atoms with E-state index in [1.54, 1.807) is 0 Å². The molecule has 1 aliphatic carbocycles. The van der Waals surface area contributed by atoms with E-state index in [-0.39, 0.29) is 17.3 Å². The number of nitrogens with one attached hydrogen (secondary N) is 1. The van der Waals surface area contributed by atoms with Crippen molar-refractivity contribution in [2.24, 2.45) is 4.99 Å². The molecule has 2 aliphatic heterocycles. The van der Waals surface area contributed by atoms with Crippen LogP contribution in [0, 0.1) is 0 Å². The zero-order valence-corrected chi connectivity index (χ0v) is 12.5. The van der Waals surface area contributed by atoms with Crippen LogP contribution in [0.15, 0.2) is 16.3 Å². The summed E-state index contributed by atoms with van der Waals surface area (Å²) in [5, 5.41) is -0.145. The monoisotopic (exact) mass is 283 g/mol. The van der Waals surface area contributed by atoms with Crippen molar-refractivity contribution in [2.45, 2.75) is 57.4 Å². The van der Waals surface area contributed by atoms with Gasteiger partial charge >= 0.3 is 0 Å². The Kier molecular flexibility index (Phi) is 2.98. The Morgan fingerprint density at radius 2 is 2.00 bits per heavy atom. The minimum Gasteiger partial charge on any atom is -0.332 e. The molecule has 2 fully saturated rings. The Morgan fingerprint density at radius 3 is 2.63 bits per heavy atom. The van der Waals surface area contributed by atoms with E-state index in [0.717, 1.165) is 25.1 Å². The maximum atomic E-state index is 12.0. The van der Waals surface area contributed by atoms with E-state index in [1.807, 2.05) is 6.92 Å². The molecule has 1 saturated heterocycles. The van der Waals surface area contributed by atoms with Gasteiger partial charge in [0.05, 0.1) is 11.3 Å². The summed E-state index contributed by atoms with van der Waals surface area (Å²) in [7, 11) is -3.10. The maximum Gasteiger partial charge on any atom is 0.214 e. The smallest absolute Gasteiger partial charge is 0.214 e. The minimum atomic E-state index is -3.10. The van der Waals surface area contributed by atoms with Crippen LogP contribution in [0.3, 0.4) is 0 Å². The van der Waals surface area contributed by atoms with Crippen molar-refractivity contribution in [3.8, 4) is 0 Å². The molecule has 0 amide bonds. The normalized spacial score (nSPS) is 31.5. The molecule has 0 aromatic carbocycles. The molecule has 2 heterocycles. The molecule has 0 aromatic rings. The van der Waals surface area contributed by atoms with Gasteiger partial charge in [0.1, 0.15) is 5.84 Å². The first-order chi connectivity index (χ1) is 8.88. The van der Waals surface area contributed by atoms with E-state index in [2.05, 4.69) is 28.5 Å². The molecule has 0 spiro atoms. The van der Waals surface area contributed by atoms with Gasteiger partial charge in [-0.15, -0.1) is 0 Å². The van der Waals surface area contributed by atoms with Crippen LogP contribution < -0.4 is 4.72 Å². The summed E-state index contributed by atoms with van der Waals surface area (Å²) in [6.07, 6.45) is 2.41. The van der Waals surface area contributed by atoms with Crippen molar-refractivity contribution < 1.29 is 8.42 Å². The third-order valence-corrected chi connectivity index (χ3v) is 6.33. The summed E-state index contributed by atoms with van der Waals surface area (Å²) in [4.78, 5) is 6.75. The van der Waals surface area contributed by atoms with Crippen molar-refractivity contribution in [1.29, 1.82) is 0 Å². The lowest BCUT2D eigenvalue weighted by atomic mass is 10.0. The number of amidine groups is 1. The third kappa shape index (κ3) is 2.31. The number of hydrogen-bond acceptors (Lipinski definition) is 4. The standard InChI is InChI=1S/C13H21N3O2S/c1-8-9(2)14-10(3)16-7-11(6-13(8)16)15-19(17,18)12-4-5-12/h9,11-12,15H,4-7H2,1-3H3. The van der Waals surface area contributed by atoms with Gasteiger partial charge in [-0.05, 0) is 39.2 Å². The number of hydrogen-bond donors (Lipinski definition) is 1. The molecule has 19 heavy (non-hydrogen) atoms. The summed E-state index contributed by atoms with van der Waals surface area (Å²) >= 11 is 0. The second kappa shape index (κ2) is 4.31. The zero-order valence-electron chi connectivity index (χ0n) is 11.7.